The van der Waals surface area contributed by atoms with E-state index in [2.05, 4.69) is 0 Å². The molecule has 1 saturated heterocycles. The van der Waals surface area contributed by atoms with Gasteiger partial charge >= 0.3 is 5.97 Å². The van der Waals surface area contributed by atoms with E-state index in [0.717, 1.165) is 22.6 Å². The molecule has 19 heavy (non-hydrogen) atoms. The van der Waals surface area contributed by atoms with Crippen molar-refractivity contribution >= 4 is 35.3 Å². The van der Waals surface area contributed by atoms with Crippen LogP contribution in [0.1, 0.15) is 12.5 Å². The van der Waals surface area contributed by atoms with E-state index < -0.39 is 11.2 Å². The van der Waals surface area contributed by atoms with Crippen molar-refractivity contribution in [3.8, 4) is 0 Å². The highest BCUT2D eigenvalue weighted by Gasteiger charge is 2.24. The molecule has 0 spiro atoms. The van der Waals surface area contributed by atoms with Crippen molar-refractivity contribution in [2.24, 2.45) is 5.92 Å². The number of rotatable bonds is 5. The van der Waals surface area contributed by atoms with Crippen molar-refractivity contribution in [2.75, 3.05) is 11.5 Å². The third-order valence-corrected chi connectivity index (χ3v) is 5.31. The molecular weight excluding hydrogens is 280 g/mol. The van der Waals surface area contributed by atoms with Crippen molar-refractivity contribution in [2.45, 2.75) is 23.5 Å². The maximum absolute atomic E-state index is 11.6. The van der Waals surface area contributed by atoms with Crippen LogP contribution in [0.5, 0.6) is 0 Å². The summed E-state index contributed by atoms with van der Waals surface area (Å²) in [4.78, 5) is 23.3. The molecule has 2 atom stereocenters. The number of carbonyl (C=O) groups is 2. The number of carboxylic acid groups (broad SMARTS) is 1. The Hall–Kier alpha value is -0.940. The minimum absolute atomic E-state index is 0.154. The summed E-state index contributed by atoms with van der Waals surface area (Å²) < 4.78 is 0. The quantitative estimate of drug-likeness (QED) is 0.847. The molecule has 1 aliphatic rings. The van der Waals surface area contributed by atoms with Gasteiger partial charge in [-0.15, -0.1) is 11.8 Å². The first-order valence-corrected chi connectivity index (χ1v) is 8.18. The summed E-state index contributed by atoms with van der Waals surface area (Å²) in [5.74, 6) is 1.27. The Balaban J connectivity index is 1.94. The molecule has 1 aromatic carbocycles. The van der Waals surface area contributed by atoms with E-state index in [0.29, 0.717) is 11.5 Å². The van der Waals surface area contributed by atoms with E-state index in [9.17, 15) is 9.59 Å². The molecule has 0 saturated carbocycles. The van der Waals surface area contributed by atoms with E-state index in [4.69, 9.17) is 5.11 Å². The number of Topliss-reactive ketones (excluding diaryl/α,β-unsaturated/α-hetero) is 1. The molecule has 3 nitrogen and oxygen atoms in total. The zero-order valence-corrected chi connectivity index (χ0v) is 12.3. The lowest BCUT2D eigenvalue weighted by Gasteiger charge is -2.09. The zero-order chi connectivity index (χ0) is 13.8. The van der Waals surface area contributed by atoms with Crippen LogP contribution in [0.15, 0.2) is 29.2 Å². The van der Waals surface area contributed by atoms with Crippen LogP contribution >= 0.6 is 23.5 Å². The summed E-state index contributed by atoms with van der Waals surface area (Å²) in [5.41, 5.74) is 1.15. The normalized spacial score (nSPS) is 20.5. The minimum atomic E-state index is -0.803. The number of hydrogen-bond acceptors (Lipinski definition) is 4. The monoisotopic (exact) mass is 296 g/mol. The number of benzene rings is 1. The van der Waals surface area contributed by atoms with Gasteiger partial charge in [0.1, 0.15) is 11.0 Å². The predicted octanol–water partition coefficient (Wildman–Crippen LogP) is 2.73. The molecule has 2 unspecified atom stereocenters. The van der Waals surface area contributed by atoms with E-state index in [-0.39, 0.29) is 5.92 Å². The SMILES string of the molecule is CC(Sc1ccc(CC2CSCC2=O)cc1)C(=O)O. The molecular formula is C14H16O3S2. The fourth-order valence-corrected chi connectivity index (χ4v) is 3.87. The van der Waals surface area contributed by atoms with Gasteiger partial charge in [-0.05, 0) is 31.0 Å². The van der Waals surface area contributed by atoms with Crippen LogP contribution in [0, 0.1) is 5.92 Å². The molecule has 0 aromatic heterocycles. The predicted molar refractivity (Wildman–Crippen MR) is 78.9 cm³/mol. The average Bonchev–Trinajstić information content (AvgIpc) is 2.77. The Morgan fingerprint density at radius 1 is 1.47 bits per heavy atom. The summed E-state index contributed by atoms with van der Waals surface area (Å²) >= 11 is 3.04. The second-order valence-electron chi connectivity index (χ2n) is 4.62. The van der Waals surface area contributed by atoms with Crippen LogP contribution in [-0.2, 0) is 16.0 Å². The molecule has 1 aromatic rings. The molecule has 102 valence electrons. The number of aliphatic carboxylic acids is 1. The molecule has 0 aliphatic carbocycles. The lowest BCUT2D eigenvalue weighted by molar-refractivity contribution is -0.136. The van der Waals surface area contributed by atoms with Gasteiger partial charge in [-0.25, -0.2) is 0 Å². The molecule has 1 N–H and O–H groups in total. The summed E-state index contributed by atoms with van der Waals surface area (Å²) in [5, 5.41) is 8.41. The van der Waals surface area contributed by atoms with Crippen LogP contribution in [0.2, 0.25) is 0 Å². The Bertz CT molecular complexity index is 470. The lowest BCUT2D eigenvalue weighted by atomic mass is 9.98. The summed E-state index contributed by atoms with van der Waals surface area (Å²) in [6.07, 6.45) is 0.797. The van der Waals surface area contributed by atoms with Gasteiger partial charge in [-0.3, -0.25) is 9.59 Å². The van der Waals surface area contributed by atoms with Gasteiger partial charge < -0.3 is 5.11 Å². The van der Waals surface area contributed by atoms with Gasteiger partial charge in [0.2, 0.25) is 0 Å². The fourth-order valence-electron chi connectivity index (χ4n) is 1.93. The number of thioether (sulfide) groups is 2. The second-order valence-corrected chi connectivity index (χ2v) is 7.07. The van der Waals surface area contributed by atoms with Crippen molar-refractivity contribution in [1.29, 1.82) is 0 Å². The smallest absolute Gasteiger partial charge is 0.316 e. The number of ketones is 1. The maximum atomic E-state index is 11.6. The summed E-state index contributed by atoms with van der Waals surface area (Å²) in [6.45, 7) is 1.68. The van der Waals surface area contributed by atoms with Crippen molar-refractivity contribution in [1.82, 2.24) is 0 Å². The highest BCUT2D eigenvalue weighted by molar-refractivity contribution is 8.00. The van der Waals surface area contributed by atoms with Crippen LogP contribution in [0.25, 0.3) is 0 Å². The molecule has 2 rings (SSSR count). The lowest BCUT2D eigenvalue weighted by Crippen LogP contribution is -2.14. The van der Waals surface area contributed by atoms with E-state index in [1.54, 1.807) is 18.7 Å². The van der Waals surface area contributed by atoms with Gasteiger partial charge in [-0.1, -0.05) is 12.1 Å². The van der Waals surface area contributed by atoms with E-state index >= 15 is 0 Å². The first-order valence-electron chi connectivity index (χ1n) is 6.15. The number of carbonyl (C=O) groups excluding carboxylic acids is 1. The third-order valence-electron chi connectivity index (χ3n) is 3.08. The summed E-state index contributed by atoms with van der Waals surface area (Å²) in [6, 6.07) is 7.86. The largest absolute Gasteiger partial charge is 0.480 e. The third kappa shape index (κ3) is 4.01. The molecule has 1 aliphatic heterocycles. The van der Waals surface area contributed by atoms with E-state index in [1.807, 2.05) is 24.3 Å². The number of carboxylic acids is 1. The average molecular weight is 296 g/mol. The van der Waals surface area contributed by atoms with Crippen LogP contribution < -0.4 is 0 Å². The molecule has 5 heteroatoms. The minimum Gasteiger partial charge on any atom is -0.480 e. The van der Waals surface area contributed by atoms with Crippen LogP contribution in [-0.4, -0.2) is 33.6 Å². The Morgan fingerprint density at radius 2 is 2.16 bits per heavy atom. The highest BCUT2D eigenvalue weighted by Crippen LogP contribution is 2.26. The zero-order valence-electron chi connectivity index (χ0n) is 10.7. The first kappa shape index (κ1) is 14.5. The molecule has 1 fully saturated rings. The Labute approximate surface area is 121 Å². The standard InChI is InChI=1S/C14H16O3S2/c1-9(14(16)17)19-12-4-2-10(3-5-12)6-11-7-18-8-13(11)15/h2-5,9,11H,6-8H2,1H3,(H,16,17). The van der Waals surface area contributed by atoms with Gasteiger partial charge in [0.15, 0.2) is 0 Å². The molecule has 0 radical (unpaired) electrons. The van der Waals surface area contributed by atoms with Crippen molar-refractivity contribution in [3.63, 3.8) is 0 Å². The van der Waals surface area contributed by atoms with Crippen molar-refractivity contribution < 1.29 is 14.7 Å². The second kappa shape index (κ2) is 6.48. The highest BCUT2D eigenvalue weighted by atomic mass is 32.2. The number of hydrogen-bond donors (Lipinski definition) is 1. The van der Waals surface area contributed by atoms with Crippen LogP contribution in [0.3, 0.4) is 0 Å². The van der Waals surface area contributed by atoms with Gasteiger partial charge in [0, 0.05) is 16.6 Å². The van der Waals surface area contributed by atoms with Gasteiger partial charge in [0.25, 0.3) is 0 Å². The molecule has 0 bridgehead atoms. The topological polar surface area (TPSA) is 54.4 Å². The molecule has 0 amide bonds. The first-order chi connectivity index (χ1) is 9.06. The van der Waals surface area contributed by atoms with Crippen LogP contribution in [0.4, 0.5) is 0 Å². The van der Waals surface area contributed by atoms with Crippen molar-refractivity contribution in [3.05, 3.63) is 29.8 Å². The molecule has 1 heterocycles. The Kier molecular flexibility index (Phi) is 4.93. The maximum Gasteiger partial charge on any atom is 0.316 e. The fraction of sp³-hybridized carbons (Fsp3) is 0.429. The summed E-state index contributed by atoms with van der Waals surface area (Å²) in [7, 11) is 0. The van der Waals surface area contributed by atoms with Gasteiger partial charge in [0.05, 0.1) is 5.75 Å². The Morgan fingerprint density at radius 3 is 2.68 bits per heavy atom. The van der Waals surface area contributed by atoms with Gasteiger partial charge in [-0.2, -0.15) is 11.8 Å². The van der Waals surface area contributed by atoms with E-state index in [1.165, 1.54) is 11.8 Å².